The van der Waals surface area contributed by atoms with E-state index in [1.165, 1.54) is 0 Å². The third-order valence-corrected chi connectivity index (χ3v) is 4.42. The molecule has 4 heteroatoms. The van der Waals surface area contributed by atoms with E-state index >= 15 is 0 Å². The average Bonchev–Trinajstić information content (AvgIpc) is 2.34. The summed E-state index contributed by atoms with van der Waals surface area (Å²) in [6.07, 6.45) is 0. The van der Waals surface area contributed by atoms with Crippen LogP contribution in [0.3, 0.4) is 0 Å². The number of hydrogen-bond acceptors (Lipinski definition) is 2. The fraction of sp³-hybridized carbons (Fsp3) is 0.143. The molecule has 2 N–H and O–H groups in total. The predicted octanol–water partition coefficient (Wildman–Crippen LogP) is 3.54. The number of hydrogen-bond donors (Lipinski definition) is 1. The van der Waals surface area contributed by atoms with Crippen molar-refractivity contribution in [3.8, 4) is 0 Å². The topological polar surface area (TPSA) is 43.1 Å². The summed E-state index contributed by atoms with van der Waals surface area (Å²) in [5, 5.41) is 0.565. The van der Waals surface area contributed by atoms with Gasteiger partial charge in [0.15, 0.2) is 0 Å². The number of rotatable bonds is 3. The van der Waals surface area contributed by atoms with E-state index in [0.29, 0.717) is 16.5 Å². The van der Waals surface area contributed by atoms with Crippen LogP contribution in [0.25, 0.3) is 0 Å². The Morgan fingerprint density at radius 3 is 2.44 bits per heavy atom. The molecular formula is C14H14ClNOS. The van der Waals surface area contributed by atoms with E-state index in [-0.39, 0.29) is 0 Å². The van der Waals surface area contributed by atoms with Crippen LogP contribution in [-0.4, -0.2) is 4.21 Å². The van der Waals surface area contributed by atoms with Crippen LogP contribution in [0, 0.1) is 6.92 Å². The van der Waals surface area contributed by atoms with Gasteiger partial charge >= 0.3 is 0 Å². The maximum Gasteiger partial charge on any atom is 0.0575 e. The molecule has 0 aliphatic rings. The quantitative estimate of drug-likeness (QED) is 0.874. The number of aryl methyl sites for hydroxylation is 1. The number of halogens is 1. The third-order valence-electron chi connectivity index (χ3n) is 2.71. The fourth-order valence-corrected chi connectivity index (χ4v) is 3.15. The molecule has 1 unspecified atom stereocenters. The van der Waals surface area contributed by atoms with Gasteiger partial charge in [-0.15, -0.1) is 0 Å². The van der Waals surface area contributed by atoms with Gasteiger partial charge in [-0.1, -0.05) is 35.4 Å². The monoisotopic (exact) mass is 279 g/mol. The number of anilines is 1. The Morgan fingerprint density at radius 2 is 1.83 bits per heavy atom. The highest BCUT2D eigenvalue weighted by molar-refractivity contribution is 7.84. The van der Waals surface area contributed by atoms with Crippen LogP contribution in [0.2, 0.25) is 5.02 Å². The number of nitrogens with two attached hydrogens (primary N) is 1. The molecular weight excluding hydrogens is 266 g/mol. The standard InChI is InChI=1S/C14H14ClNOS/c1-10-5-7-11(8-6-10)18(17)9-12-13(15)3-2-4-14(12)16/h2-8H,9,16H2,1H3. The van der Waals surface area contributed by atoms with E-state index in [1.54, 1.807) is 18.2 Å². The zero-order valence-electron chi connectivity index (χ0n) is 10.0. The van der Waals surface area contributed by atoms with E-state index in [4.69, 9.17) is 17.3 Å². The molecule has 2 rings (SSSR count). The highest BCUT2D eigenvalue weighted by Crippen LogP contribution is 2.25. The highest BCUT2D eigenvalue weighted by Gasteiger charge is 2.10. The summed E-state index contributed by atoms with van der Waals surface area (Å²) in [7, 11) is -1.13. The van der Waals surface area contributed by atoms with E-state index in [0.717, 1.165) is 16.0 Å². The highest BCUT2D eigenvalue weighted by atomic mass is 35.5. The smallest absolute Gasteiger partial charge is 0.0575 e. The summed E-state index contributed by atoms with van der Waals surface area (Å²) in [4.78, 5) is 0.792. The normalized spacial score (nSPS) is 12.3. The van der Waals surface area contributed by atoms with Crippen molar-refractivity contribution in [2.75, 3.05) is 5.73 Å². The third kappa shape index (κ3) is 2.92. The first-order valence-corrected chi connectivity index (χ1v) is 7.25. The van der Waals surface area contributed by atoms with Crippen LogP contribution in [0.15, 0.2) is 47.4 Å². The van der Waals surface area contributed by atoms with Crippen molar-refractivity contribution in [2.24, 2.45) is 0 Å². The Hall–Kier alpha value is -1.32. The van der Waals surface area contributed by atoms with Gasteiger partial charge in [-0.3, -0.25) is 4.21 Å². The van der Waals surface area contributed by atoms with Crippen LogP contribution in [0.5, 0.6) is 0 Å². The molecule has 94 valence electrons. The lowest BCUT2D eigenvalue weighted by atomic mass is 10.2. The minimum absolute atomic E-state index is 0.342. The van der Waals surface area contributed by atoms with Crippen LogP contribution in [0.4, 0.5) is 5.69 Å². The Labute approximate surface area is 114 Å². The van der Waals surface area contributed by atoms with Crippen molar-refractivity contribution in [2.45, 2.75) is 17.6 Å². The van der Waals surface area contributed by atoms with Crippen molar-refractivity contribution < 1.29 is 4.21 Å². The van der Waals surface area contributed by atoms with Gasteiger partial charge in [-0.2, -0.15) is 0 Å². The molecule has 2 nitrogen and oxygen atoms in total. The first-order chi connectivity index (χ1) is 8.58. The number of benzene rings is 2. The Morgan fingerprint density at radius 1 is 1.17 bits per heavy atom. The van der Waals surface area contributed by atoms with E-state index < -0.39 is 10.8 Å². The lowest BCUT2D eigenvalue weighted by Crippen LogP contribution is -2.01. The molecule has 1 atom stereocenters. The molecule has 0 bridgehead atoms. The molecule has 0 heterocycles. The van der Waals surface area contributed by atoms with Crippen LogP contribution >= 0.6 is 11.6 Å². The first kappa shape index (κ1) is 13.1. The molecule has 0 aliphatic heterocycles. The van der Waals surface area contributed by atoms with E-state index in [2.05, 4.69) is 0 Å². The second-order valence-corrected chi connectivity index (χ2v) is 5.97. The SMILES string of the molecule is Cc1ccc(S(=O)Cc2c(N)cccc2Cl)cc1. The van der Waals surface area contributed by atoms with Gasteiger partial charge in [0, 0.05) is 21.2 Å². The molecule has 0 amide bonds. The largest absolute Gasteiger partial charge is 0.398 e. The zero-order valence-corrected chi connectivity index (χ0v) is 11.6. The van der Waals surface area contributed by atoms with Gasteiger partial charge in [0.1, 0.15) is 0 Å². The fourth-order valence-electron chi connectivity index (χ4n) is 1.63. The second-order valence-electron chi connectivity index (χ2n) is 4.11. The summed E-state index contributed by atoms with van der Waals surface area (Å²) < 4.78 is 12.2. The average molecular weight is 280 g/mol. The van der Waals surface area contributed by atoms with Crippen molar-refractivity contribution in [3.63, 3.8) is 0 Å². The van der Waals surface area contributed by atoms with Crippen molar-refractivity contribution >= 4 is 28.1 Å². The molecule has 2 aromatic carbocycles. The number of nitrogen functional groups attached to an aromatic ring is 1. The minimum Gasteiger partial charge on any atom is -0.398 e. The van der Waals surface area contributed by atoms with Crippen molar-refractivity contribution in [3.05, 3.63) is 58.6 Å². The minimum atomic E-state index is -1.13. The summed E-state index contributed by atoms with van der Waals surface area (Å²) in [5.41, 5.74) is 8.33. The molecule has 0 saturated carbocycles. The zero-order chi connectivity index (χ0) is 13.1. The molecule has 0 aliphatic carbocycles. The predicted molar refractivity (Wildman–Crippen MR) is 77.2 cm³/mol. The molecule has 0 radical (unpaired) electrons. The summed E-state index contributed by atoms with van der Waals surface area (Å²) in [6.45, 7) is 2.00. The lowest BCUT2D eigenvalue weighted by molar-refractivity contribution is 0.682. The van der Waals surface area contributed by atoms with Gasteiger partial charge in [0.25, 0.3) is 0 Å². The Bertz CT molecular complexity index is 561. The van der Waals surface area contributed by atoms with Crippen LogP contribution in [-0.2, 0) is 16.6 Å². The first-order valence-electron chi connectivity index (χ1n) is 5.56. The van der Waals surface area contributed by atoms with E-state index in [9.17, 15) is 4.21 Å². The molecule has 0 aromatic heterocycles. The van der Waals surface area contributed by atoms with Gasteiger partial charge in [0.05, 0.1) is 16.6 Å². The van der Waals surface area contributed by atoms with Crippen molar-refractivity contribution in [1.82, 2.24) is 0 Å². The Balaban J connectivity index is 2.24. The van der Waals surface area contributed by atoms with Crippen LogP contribution in [0.1, 0.15) is 11.1 Å². The summed E-state index contributed by atoms with van der Waals surface area (Å²) >= 11 is 6.07. The van der Waals surface area contributed by atoms with Gasteiger partial charge < -0.3 is 5.73 Å². The van der Waals surface area contributed by atoms with Crippen LogP contribution < -0.4 is 5.73 Å². The Kier molecular flexibility index (Phi) is 4.04. The maximum absolute atomic E-state index is 12.2. The van der Waals surface area contributed by atoms with Gasteiger partial charge in [-0.25, -0.2) is 0 Å². The molecule has 2 aromatic rings. The summed E-state index contributed by atoms with van der Waals surface area (Å²) in [5.74, 6) is 0.342. The lowest BCUT2D eigenvalue weighted by Gasteiger charge is -2.08. The second kappa shape index (κ2) is 5.55. The maximum atomic E-state index is 12.2. The molecule has 0 spiro atoms. The molecule has 0 fully saturated rings. The molecule has 18 heavy (non-hydrogen) atoms. The van der Waals surface area contributed by atoms with E-state index in [1.807, 2.05) is 31.2 Å². The van der Waals surface area contributed by atoms with Gasteiger partial charge in [-0.05, 0) is 31.2 Å². The molecule has 0 saturated heterocycles. The summed E-state index contributed by atoms with van der Waals surface area (Å²) in [6, 6.07) is 13.0. The van der Waals surface area contributed by atoms with Gasteiger partial charge in [0.2, 0.25) is 0 Å². The van der Waals surface area contributed by atoms with Crippen molar-refractivity contribution in [1.29, 1.82) is 0 Å².